The molecule has 3 nitrogen and oxygen atoms in total. The van der Waals surface area contributed by atoms with Crippen LogP contribution in [0.5, 0.6) is 0 Å². The van der Waals surface area contributed by atoms with Gasteiger partial charge in [-0.25, -0.2) is 0 Å². The summed E-state index contributed by atoms with van der Waals surface area (Å²) in [6, 6.07) is 0. The highest BCUT2D eigenvalue weighted by Gasteiger charge is 2.18. The van der Waals surface area contributed by atoms with Crippen molar-refractivity contribution < 1.29 is 8.42 Å². The predicted molar refractivity (Wildman–Crippen MR) is 30.6 cm³/mol. The Balaban J connectivity index is 3.89. The third-order valence-corrected chi connectivity index (χ3v) is 2.21. The number of hydrogen-bond donors (Lipinski definition) is 1. The molecular weight excluding hydrogens is 134 g/mol. The van der Waals surface area contributed by atoms with Gasteiger partial charge in [-0.15, -0.1) is 0 Å². The van der Waals surface area contributed by atoms with Crippen molar-refractivity contribution in [2.75, 3.05) is 5.75 Å². The molecule has 2 radical (unpaired) electrons. The van der Waals surface area contributed by atoms with E-state index in [1.54, 1.807) is 0 Å². The Morgan fingerprint density at radius 3 is 2.14 bits per heavy atom. The van der Waals surface area contributed by atoms with Gasteiger partial charge >= 0.3 is 10.0 Å². The van der Waals surface area contributed by atoms with E-state index in [1.165, 1.54) is 6.92 Å². The van der Waals surface area contributed by atoms with Gasteiger partial charge in [0.2, 0.25) is 12.8 Å². The van der Waals surface area contributed by atoms with Crippen molar-refractivity contribution in [1.82, 2.24) is 4.13 Å². The first-order chi connectivity index (χ1) is 3.12. The van der Waals surface area contributed by atoms with Gasteiger partial charge in [0.05, 0.1) is 0 Å². The Labute approximate surface area is 48.7 Å². The number of sulfonamides is 1. The van der Waals surface area contributed by atoms with Crippen LogP contribution in [0.3, 0.4) is 0 Å². The van der Waals surface area contributed by atoms with Gasteiger partial charge in [0.15, 0.2) is 0 Å². The second-order valence-electron chi connectivity index (χ2n) is 0.952. The zero-order chi connectivity index (χ0) is 5.91. The SMILES string of the molecule is CCS(=O)(=O)[N+]S. The van der Waals surface area contributed by atoms with Gasteiger partial charge in [0, 0.05) is 0 Å². The summed E-state index contributed by atoms with van der Waals surface area (Å²) in [5.74, 6) is 0.0243. The van der Waals surface area contributed by atoms with Crippen molar-refractivity contribution in [3.63, 3.8) is 0 Å². The third kappa shape index (κ3) is 2.90. The van der Waals surface area contributed by atoms with Crippen LogP contribution in [0.4, 0.5) is 0 Å². The molecule has 0 aliphatic carbocycles. The summed E-state index contributed by atoms with van der Waals surface area (Å²) in [5.41, 5.74) is 0. The number of nitrogens with zero attached hydrogens (tertiary/aromatic N) is 1. The standard InChI is InChI=1S/C2H6NO2S2/c1-2-7(4,5)3-6/h6H,2H2,1H3/q+1. The first-order valence-corrected chi connectivity index (χ1v) is 3.72. The fourth-order valence-electron chi connectivity index (χ4n) is 0.0577. The highest BCUT2D eigenvalue weighted by atomic mass is 32.3. The van der Waals surface area contributed by atoms with Gasteiger partial charge in [0.1, 0.15) is 5.75 Å². The molecule has 0 spiro atoms. The zero-order valence-electron chi connectivity index (χ0n) is 3.83. The molecule has 0 rings (SSSR count). The molecule has 0 heterocycles. The van der Waals surface area contributed by atoms with Gasteiger partial charge in [-0.2, -0.15) is 8.42 Å². The quantitative estimate of drug-likeness (QED) is 0.539. The van der Waals surface area contributed by atoms with Crippen LogP contribution in [0, 0.1) is 0 Å². The van der Waals surface area contributed by atoms with E-state index in [0.717, 1.165) is 0 Å². The molecule has 7 heavy (non-hydrogen) atoms. The summed E-state index contributed by atoms with van der Waals surface area (Å²) in [5, 5.41) is 0. The van der Waals surface area contributed by atoms with Gasteiger partial charge in [-0.1, -0.05) is 0 Å². The molecule has 5 heteroatoms. The van der Waals surface area contributed by atoms with Crippen LogP contribution in [0.2, 0.25) is 0 Å². The van der Waals surface area contributed by atoms with Crippen molar-refractivity contribution in [1.29, 1.82) is 0 Å². The molecule has 0 fully saturated rings. The molecule has 0 saturated carbocycles. The first-order valence-electron chi connectivity index (χ1n) is 1.71. The Hall–Kier alpha value is 0.260. The van der Waals surface area contributed by atoms with Crippen molar-refractivity contribution in [3.8, 4) is 0 Å². The van der Waals surface area contributed by atoms with Gasteiger partial charge in [-0.3, -0.25) is 0 Å². The van der Waals surface area contributed by atoms with E-state index >= 15 is 0 Å². The highest BCUT2D eigenvalue weighted by Crippen LogP contribution is 1.84. The maximum absolute atomic E-state index is 10.1. The second kappa shape index (κ2) is 2.54. The van der Waals surface area contributed by atoms with Crippen LogP contribution in [0.1, 0.15) is 6.92 Å². The molecule has 0 aliphatic rings. The minimum Gasteiger partial charge on any atom is -0.161 e. The smallest absolute Gasteiger partial charge is 0.161 e. The Bertz CT molecular complexity index is 117. The average Bonchev–Trinajstić information content (AvgIpc) is 1.68. The topological polar surface area (TPSA) is 48.2 Å². The van der Waals surface area contributed by atoms with Crippen LogP contribution in [-0.2, 0) is 10.0 Å². The lowest BCUT2D eigenvalue weighted by molar-refractivity contribution is 0.595. The lowest BCUT2D eigenvalue weighted by Gasteiger charge is -1.72. The molecule has 0 N–H and O–H groups in total. The molecule has 0 bridgehead atoms. The predicted octanol–water partition coefficient (Wildman–Crippen LogP) is -0.215. The Kier molecular flexibility index (Phi) is 2.63. The minimum atomic E-state index is -3.17. The molecule has 42 valence electrons. The number of hydrogen-bond acceptors (Lipinski definition) is 3. The summed E-state index contributed by atoms with van der Waals surface area (Å²) in [6.45, 7) is 1.51. The molecule has 0 unspecified atom stereocenters. The molecule has 0 aromatic carbocycles. The zero-order valence-corrected chi connectivity index (χ0v) is 5.54. The van der Waals surface area contributed by atoms with Crippen LogP contribution < -0.4 is 4.13 Å². The lowest BCUT2D eigenvalue weighted by atomic mass is 11.0. The molecular formula is C2H6NO2S2+. The van der Waals surface area contributed by atoms with Crippen LogP contribution in [-0.4, -0.2) is 14.2 Å². The summed E-state index contributed by atoms with van der Waals surface area (Å²) in [6.07, 6.45) is 0. The fraction of sp³-hybridized carbons (Fsp3) is 1.00. The first kappa shape index (κ1) is 7.26. The van der Waals surface area contributed by atoms with Crippen molar-refractivity contribution in [2.24, 2.45) is 0 Å². The van der Waals surface area contributed by atoms with E-state index in [4.69, 9.17) is 0 Å². The van der Waals surface area contributed by atoms with E-state index in [9.17, 15) is 8.42 Å². The average molecular weight is 140 g/mol. The summed E-state index contributed by atoms with van der Waals surface area (Å²) >= 11 is 3.22. The minimum absolute atomic E-state index is 0.0243. The van der Waals surface area contributed by atoms with Crippen molar-refractivity contribution in [3.05, 3.63) is 0 Å². The largest absolute Gasteiger partial charge is 0.412 e. The van der Waals surface area contributed by atoms with E-state index < -0.39 is 10.0 Å². The molecule has 0 aliphatic heterocycles. The Morgan fingerprint density at radius 2 is 2.14 bits per heavy atom. The second-order valence-corrected chi connectivity index (χ2v) is 3.35. The van der Waals surface area contributed by atoms with Gasteiger partial charge in [0.25, 0.3) is 4.13 Å². The molecule has 0 amide bonds. The Morgan fingerprint density at radius 1 is 1.71 bits per heavy atom. The van der Waals surface area contributed by atoms with E-state index in [2.05, 4.69) is 16.9 Å². The molecule has 0 aromatic heterocycles. The van der Waals surface area contributed by atoms with Gasteiger partial charge < -0.3 is 0 Å². The summed E-state index contributed by atoms with van der Waals surface area (Å²) in [4.78, 5) is 0. The maximum Gasteiger partial charge on any atom is 0.412 e. The molecule has 0 saturated heterocycles. The number of thiol groups is 1. The highest BCUT2D eigenvalue weighted by molar-refractivity contribution is 8.00. The summed E-state index contributed by atoms with van der Waals surface area (Å²) in [7, 11) is -3.17. The molecule has 0 aromatic rings. The maximum atomic E-state index is 10.1. The van der Waals surface area contributed by atoms with E-state index in [0.29, 0.717) is 0 Å². The normalized spacial score (nSPS) is 11.7. The molecule has 0 atom stereocenters. The van der Waals surface area contributed by atoms with Gasteiger partial charge in [-0.05, 0) is 6.92 Å². The third-order valence-electron chi connectivity index (χ3n) is 0.489. The van der Waals surface area contributed by atoms with Crippen LogP contribution in [0.25, 0.3) is 0 Å². The van der Waals surface area contributed by atoms with E-state index in [-0.39, 0.29) is 5.75 Å². The van der Waals surface area contributed by atoms with E-state index in [1.807, 2.05) is 0 Å². The fourth-order valence-corrected chi connectivity index (χ4v) is 0.520. The number of rotatable bonds is 2. The van der Waals surface area contributed by atoms with Crippen molar-refractivity contribution >= 4 is 22.8 Å². The lowest BCUT2D eigenvalue weighted by Crippen LogP contribution is -2.08. The van der Waals surface area contributed by atoms with Crippen LogP contribution >= 0.6 is 12.8 Å². The summed E-state index contributed by atoms with van der Waals surface area (Å²) < 4.78 is 23.1. The monoisotopic (exact) mass is 140 g/mol. The van der Waals surface area contributed by atoms with Crippen LogP contribution in [0.15, 0.2) is 0 Å². The van der Waals surface area contributed by atoms with Crippen molar-refractivity contribution in [2.45, 2.75) is 6.92 Å².